The molecule has 0 bridgehead atoms. The number of rotatable bonds is 0. The summed E-state index contributed by atoms with van der Waals surface area (Å²) >= 11 is 0. The van der Waals surface area contributed by atoms with Crippen LogP contribution in [0.5, 0.6) is 0 Å². The van der Waals surface area contributed by atoms with Crippen molar-refractivity contribution in [2.24, 2.45) is 10.7 Å². The number of hydrogen-bond acceptors (Lipinski definition) is 4. The molecule has 2 rings (SSSR count). The van der Waals surface area contributed by atoms with Gasteiger partial charge < -0.3 is 15.4 Å². The van der Waals surface area contributed by atoms with Crippen LogP contribution in [0, 0.1) is 0 Å². The molecule has 13 heavy (non-hydrogen) atoms. The fourth-order valence-electron chi connectivity index (χ4n) is 2.28. The van der Waals surface area contributed by atoms with E-state index in [1.165, 1.54) is 0 Å². The largest absolute Gasteiger partial charge is 0.378 e. The van der Waals surface area contributed by atoms with Crippen molar-refractivity contribution in [1.29, 1.82) is 0 Å². The maximum absolute atomic E-state index is 5.76. The van der Waals surface area contributed by atoms with E-state index < -0.39 is 0 Å². The zero-order valence-electron chi connectivity index (χ0n) is 8.29. The first-order valence-corrected chi connectivity index (χ1v) is 4.79. The predicted molar refractivity (Wildman–Crippen MR) is 51.6 cm³/mol. The molecule has 4 heteroatoms. The quantitative estimate of drug-likeness (QED) is 0.583. The topological polar surface area (TPSA) is 50.9 Å². The van der Waals surface area contributed by atoms with Crippen LogP contribution in [0.1, 0.15) is 19.8 Å². The van der Waals surface area contributed by atoms with E-state index in [9.17, 15) is 0 Å². The molecule has 2 heterocycles. The zero-order chi connectivity index (χ0) is 9.47. The molecule has 0 saturated carbocycles. The van der Waals surface area contributed by atoms with Gasteiger partial charge in [-0.1, -0.05) is 0 Å². The Morgan fingerprint density at radius 1 is 1.69 bits per heavy atom. The molecule has 2 aliphatic heterocycles. The van der Waals surface area contributed by atoms with Gasteiger partial charge >= 0.3 is 0 Å². The van der Waals surface area contributed by atoms with Crippen LogP contribution in [0.2, 0.25) is 0 Å². The Balaban J connectivity index is 2.13. The number of hydrogen-bond donors (Lipinski definition) is 1. The molecule has 0 amide bonds. The first kappa shape index (κ1) is 8.81. The summed E-state index contributed by atoms with van der Waals surface area (Å²) in [5, 5.41) is 0. The van der Waals surface area contributed by atoms with E-state index >= 15 is 0 Å². The van der Waals surface area contributed by atoms with Crippen molar-refractivity contribution in [3.63, 3.8) is 0 Å². The highest BCUT2D eigenvalue weighted by molar-refractivity contribution is 5.80. The summed E-state index contributed by atoms with van der Waals surface area (Å²) in [5.41, 5.74) is 5.92. The lowest BCUT2D eigenvalue weighted by molar-refractivity contribution is -0.0333. The van der Waals surface area contributed by atoms with Gasteiger partial charge in [0.1, 0.15) is 0 Å². The van der Waals surface area contributed by atoms with Gasteiger partial charge in [-0.15, -0.1) is 0 Å². The average Bonchev–Trinajstić information content (AvgIpc) is 2.35. The number of guanidine groups is 1. The van der Waals surface area contributed by atoms with Crippen LogP contribution in [0.3, 0.4) is 0 Å². The van der Waals surface area contributed by atoms with Crippen molar-refractivity contribution in [3.05, 3.63) is 0 Å². The maximum Gasteiger partial charge on any atom is 0.191 e. The van der Waals surface area contributed by atoms with E-state index in [0.717, 1.165) is 26.0 Å². The minimum atomic E-state index is 0.155. The Hall–Kier alpha value is -0.770. The van der Waals surface area contributed by atoms with Crippen LogP contribution in [0.25, 0.3) is 0 Å². The fraction of sp³-hybridized carbons (Fsp3) is 0.889. The molecule has 1 spiro atoms. The molecule has 0 aromatic carbocycles. The second-order valence-corrected chi connectivity index (χ2v) is 4.09. The Bertz CT molecular complexity index is 241. The van der Waals surface area contributed by atoms with E-state index in [4.69, 9.17) is 10.5 Å². The second-order valence-electron chi connectivity index (χ2n) is 4.09. The molecule has 74 valence electrons. The first-order valence-electron chi connectivity index (χ1n) is 4.79. The van der Waals surface area contributed by atoms with E-state index in [2.05, 4.69) is 16.8 Å². The first-order chi connectivity index (χ1) is 6.14. The van der Waals surface area contributed by atoms with Crippen molar-refractivity contribution >= 4 is 5.96 Å². The molecule has 4 nitrogen and oxygen atoms in total. The lowest BCUT2D eigenvalue weighted by atomic mass is 9.86. The fourth-order valence-corrected chi connectivity index (χ4v) is 2.28. The van der Waals surface area contributed by atoms with Crippen LogP contribution in [-0.2, 0) is 4.74 Å². The van der Waals surface area contributed by atoms with Gasteiger partial charge in [0.05, 0.1) is 18.2 Å². The van der Waals surface area contributed by atoms with Gasteiger partial charge in [-0.3, -0.25) is 4.99 Å². The normalized spacial score (nSPS) is 39.7. The molecule has 2 unspecified atom stereocenters. The molecule has 0 aliphatic carbocycles. The van der Waals surface area contributed by atoms with Gasteiger partial charge in [0.2, 0.25) is 0 Å². The highest BCUT2D eigenvalue weighted by atomic mass is 16.5. The smallest absolute Gasteiger partial charge is 0.191 e. The van der Waals surface area contributed by atoms with Gasteiger partial charge in [-0.2, -0.15) is 0 Å². The van der Waals surface area contributed by atoms with Crippen molar-refractivity contribution in [2.45, 2.75) is 31.4 Å². The van der Waals surface area contributed by atoms with Gasteiger partial charge in [0.15, 0.2) is 5.96 Å². The van der Waals surface area contributed by atoms with Crippen LogP contribution in [-0.4, -0.2) is 42.7 Å². The van der Waals surface area contributed by atoms with E-state index in [1.54, 1.807) is 0 Å². The van der Waals surface area contributed by atoms with Crippen molar-refractivity contribution in [2.75, 3.05) is 20.2 Å². The number of nitrogens with zero attached hydrogens (tertiary/aromatic N) is 2. The molecule has 2 N–H and O–H groups in total. The molecule has 0 aromatic rings. The monoisotopic (exact) mass is 183 g/mol. The van der Waals surface area contributed by atoms with E-state index in [1.807, 2.05) is 7.05 Å². The molecule has 0 aromatic heterocycles. The molecular weight excluding hydrogens is 166 g/mol. The summed E-state index contributed by atoms with van der Waals surface area (Å²) in [6, 6.07) is 0. The zero-order valence-corrected chi connectivity index (χ0v) is 8.29. The third-order valence-corrected chi connectivity index (χ3v) is 3.23. The Morgan fingerprint density at radius 2 is 2.46 bits per heavy atom. The summed E-state index contributed by atoms with van der Waals surface area (Å²) in [4.78, 5) is 6.41. The summed E-state index contributed by atoms with van der Waals surface area (Å²) in [7, 11) is 2.03. The van der Waals surface area contributed by atoms with Crippen molar-refractivity contribution in [3.8, 4) is 0 Å². The Kier molecular flexibility index (Phi) is 1.95. The summed E-state index contributed by atoms with van der Waals surface area (Å²) in [6.07, 6.45) is 2.41. The number of ether oxygens (including phenoxy) is 1. The third kappa shape index (κ3) is 1.29. The number of aliphatic imine (C=N–C) groups is 1. The van der Waals surface area contributed by atoms with Gasteiger partial charge in [0, 0.05) is 13.7 Å². The lowest BCUT2D eigenvalue weighted by Crippen LogP contribution is -2.53. The number of likely N-dealkylation sites (N-methyl/N-ethyl adjacent to an activating group) is 1. The number of nitrogens with two attached hydrogens (primary N) is 1. The Labute approximate surface area is 78.8 Å². The third-order valence-electron chi connectivity index (χ3n) is 3.23. The highest BCUT2D eigenvalue weighted by Gasteiger charge is 2.43. The van der Waals surface area contributed by atoms with Crippen molar-refractivity contribution < 1.29 is 4.74 Å². The molecule has 0 radical (unpaired) electrons. The van der Waals surface area contributed by atoms with Crippen LogP contribution >= 0.6 is 0 Å². The Morgan fingerprint density at radius 3 is 3.00 bits per heavy atom. The molecule has 1 saturated heterocycles. The van der Waals surface area contributed by atoms with Gasteiger partial charge in [-0.25, -0.2) is 0 Å². The maximum atomic E-state index is 5.76. The molecule has 2 atom stereocenters. The van der Waals surface area contributed by atoms with Gasteiger partial charge in [0.25, 0.3) is 0 Å². The molecule has 1 fully saturated rings. The summed E-state index contributed by atoms with van der Waals surface area (Å²) < 4.78 is 5.53. The van der Waals surface area contributed by atoms with Crippen LogP contribution in [0.4, 0.5) is 0 Å². The summed E-state index contributed by atoms with van der Waals surface area (Å²) in [6.45, 7) is 3.78. The van der Waals surface area contributed by atoms with Crippen LogP contribution < -0.4 is 5.73 Å². The molecular formula is C9H17N3O. The SMILES string of the molecule is CC1CC2(CCO1)CN=C(N)N2C. The van der Waals surface area contributed by atoms with Crippen molar-refractivity contribution in [1.82, 2.24) is 4.90 Å². The lowest BCUT2D eigenvalue weighted by Gasteiger charge is -2.42. The second kappa shape index (κ2) is 2.87. The minimum absolute atomic E-state index is 0.155. The van der Waals surface area contributed by atoms with E-state index in [-0.39, 0.29) is 5.54 Å². The average molecular weight is 183 g/mol. The van der Waals surface area contributed by atoms with E-state index in [0.29, 0.717) is 12.1 Å². The van der Waals surface area contributed by atoms with Crippen LogP contribution in [0.15, 0.2) is 4.99 Å². The standard InChI is InChI=1S/C9H17N3O/c1-7-5-9(3-4-13-7)6-11-8(10)12(9)2/h7H,3-6H2,1-2H3,(H2,10,11). The highest BCUT2D eigenvalue weighted by Crippen LogP contribution is 2.33. The minimum Gasteiger partial charge on any atom is -0.378 e. The molecule has 2 aliphatic rings. The predicted octanol–water partition coefficient (Wildman–Crippen LogP) is 0.184. The summed E-state index contributed by atoms with van der Waals surface area (Å²) in [5.74, 6) is 0.675. The van der Waals surface area contributed by atoms with Gasteiger partial charge in [-0.05, 0) is 19.8 Å².